The van der Waals surface area contributed by atoms with E-state index >= 15 is 0 Å². The van der Waals surface area contributed by atoms with Gasteiger partial charge in [0.15, 0.2) is 5.78 Å². The van der Waals surface area contributed by atoms with Crippen molar-refractivity contribution < 1.29 is 13.6 Å². The molecular formula is C17H12F2OS2. The first-order valence-corrected chi connectivity index (χ1v) is 8.50. The number of rotatable bonds is 2. The first-order chi connectivity index (χ1) is 10.5. The second-order valence-corrected chi connectivity index (χ2v) is 6.89. The first kappa shape index (κ1) is 15.3. The SMILES string of the molecule is Cc1ccc(S/C=C2/CSc3ccc(F)cc3C2=O)cc1F. The monoisotopic (exact) mass is 334 g/mol. The number of halogens is 2. The van der Waals surface area contributed by atoms with Crippen molar-refractivity contribution in [2.24, 2.45) is 0 Å². The molecule has 0 unspecified atom stereocenters. The molecule has 0 atom stereocenters. The Balaban J connectivity index is 1.83. The van der Waals surface area contributed by atoms with Crippen molar-refractivity contribution in [3.8, 4) is 0 Å². The molecule has 1 nitrogen and oxygen atoms in total. The van der Waals surface area contributed by atoms with E-state index in [1.165, 1.54) is 41.7 Å². The lowest BCUT2D eigenvalue weighted by Crippen LogP contribution is -2.12. The van der Waals surface area contributed by atoms with Gasteiger partial charge in [-0.25, -0.2) is 8.78 Å². The van der Waals surface area contributed by atoms with Gasteiger partial charge in [0.1, 0.15) is 11.6 Å². The molecule has 3 rings (SSSR count). The third-order valence-corrected chi connectivity index (χ3v) is 5.39. The van der Waals surface area contributed by atoms with Crippen molar-refractivity contribution in [2.75, 3.05) is 5.75 Å². The summed E-state index contributed by atoms with van der Waals surface area (Å²) >= 11 is 2.81. The van der Waals surface area contributed by atoms with Crippen LogP contribution in [0.15, 0.2) is 57.2 Å². The van der Waals surface area contributed by atoms with E-state index in [4.69, 9.17) is 0 Å². The molecule has 1 aliphatic heterocycles. The van der Waals surface area contributed by atoms with Crippen molar-refractivity contribution in [3.05, 3.63) is 70.1 Å². The normalized spacial score (nSPS) is 16.0. The zero-order valence-corrected chi connectivity index (χ0v) is 13.4. The predicted molar refractivity (Wildman–Crippen MR) is 86.5 cm³/mol. The lowest BCUT2D eigenvalue weighted by Gasteiger charge is -2.16. The van der Waals surface area contributed by atoms with E-state index in [1.54, 1.807) is 24.5 Å². The Morgan fingerprint density at radius 2 is 2.00 bits per heavy atom. The second-order valence-electron chi connectivity index (χ2n) is 4.93. The van der Waals surface area contributed by atoms with E-state index in [9.17, 15) is 13.6 Å². The average Bonchev–Trinajstić information content (AvgIpc) is 2.50. The number of hydrogen-bond donors (Lipinski definition) is 0. The highest BCUT2D eigenvalue weighted by Crippen LogP contribution is 2.35. The zero-order valence-electron chi connectivity index (χ0n) is 11.7. The molecule has 0 amide bonds. The molecule has 0 fully saturated rings. The van der Waals surface area contributed by atoms with Crippen molar-refractivity contribution in [3.63, 3.8) is 0 Å². The van der Waals surface area contributed by atoms with Gasteiger partial charge in [0, 0.05) is 26.7 Å². The van der Waals surface area contributed by atoms with Crippen LogP contribution in [0.2, 0.25) is 0 Å². The first-order valence-electron chi connectivity index (χ1n) is 6.63. The number of carbonyl (C=O) groups is 1. The summed E-state index contributed by atoms with van der Waals surface area (Å²) in [6.45, 7) is 1.70. The fourth-order valence-corrected chi connectivity index (χ4v) is 3.96. The van der Waals surface area contributed by atoms with E-state index in [1.807, 2.05) is 6.07 Å². The molecule has 1 heterocycles. The molecule has 2 aromatic rings. The fourth-order valence-electron chi connectivity index (χ4n) is 2.07. The Morgan fingerprint density at radius 1 is 1.18 bits per heavy atom. The molecule has 5 heteroatoms. The summed E-state index contributed by atoms with van der Waals surface area (Å²) in [7, 11) is 0. The largest absolute Gasteiger partial charge is 0.289 e. The van der Waals surface area contributed by atoms with Gasteiger partial charge in [0.05, 0.1) is 0 Å². The average molecular weight is 334 g/mol. The van der Waals surface area contributed by atoms with E-state index in [0.717, 1.165) is 9.79 Å². The van der Waals surface area contributed by atoms with Crippen LogP contribution in [0.3, 0.4) is 0 Å². The standard InChI is InChI=1S/C17H12F2OS2/c1-10-2-4-13(7-15(10)19)21-8-11-9-22-16-5-3-12(18)6-14(16)17(11)20/h2-8H,9H2,1H3/b11-8-. The van der Waals surface area contributed by atoms with Crippen LogP contribution in [0.5, 0.6) is 0 Å². The number of benzene rings is 2. The minimum Gasteiger partial charge on any atom is -0.289 e. The van der Waals surface area contributed by atoms with E-state index < -0.39 is 5.82 Å². The van der Waals surface area contributed by atoms with Gasteiger partial charge < -0.3 is 0 Å². The molecule has 112 valence electrons. The number of aryl methyl sites for hydroxylation is 1. The Bertz CT molecular complexity index is 784. The molecule has 0 N–H and O–H groups in total. The van der Waals surface area contributed by atoms with Crippen molar-refractivity contribution >= 4 is 29.3 Å². The molecule has 22 heavy (non-hydrogen) atoms. The van der Waals surface area contributed by atoms with Gasteiger partial charge in [-0.15, -0.1) is 11.8 Å². The topological polar surface area (TPSA) is 17.1 Å². The zero-order chi connectivity index (χ0) is 15.7. The van der Waals surface area contributed by atoms with Gasteiger partial charge in [0.2, 0.25) is 0 Å². The summed E-state index contributed by atoms with van der Waals surface area (Å²) in [4.78, 5) is 13.9. The maximum absolute atomic E-state index is 13.5. The number of thioether (sulfide) groups is 2. The number of fused-ring (bicyclic) bond motifs is 1. The Labute approximate surface area is 135 Å². The third-order valence-electron chi connectivity index (χ3n) is 3.34. The van der Waals surface area contributed by atoms with Crippen molar-refractivity contribution in [1.82, 2.24) is 0 Å². The smallest absolute Gasteiger partial charge is 0.191 e. The lowest BCUT2D eigenvalue weighted by molar-refractivity contribution is 0.103. The fraction of sp³-hybridized carbons (Fsp3) is 0.118. The maximum Gasteiger partial charge on any atom is 0.191 e. The van der Waals surface area contributed by atoms with E-state index in [2.05, 4.69) is 0 Å². The summed E-state index contributed by atoms with van der Waals surface area (Å²) in [5.41, 5.74) is 1.60. The van der Waals surface area contributed by atoms with E-state index in [0.29, 0.717) is 22.5 Å². The highest BCUT2D eigenvalue weighted by Gasteiger charge is 2.22. The Morgan fingerprint density at radius 3 is 2.77 bits per heavy atom. The minimum absolute atomic E-state index is 0.159. The van der Waals surface area contributed by atoms with Gasteiger partial charge in [-0.3, -0.25) is 4.79 Å². The quantitative estimate of drug-likeness (QED) is 0.552. The molecule has 0 saturated carbocycles. The van der Waals surface area contributed by atoms with Gasteiger partial charge in [0.25, 0.3) is 0 Å². The molecule has 0 spiro atoms. The van der Waals surface area contributed by atoms with E-state index in [-0.39, 0.29) is 11.6 Å². The van der Waals surface area contributed by atoms with Crippen LogP contribution in [0.4, 0.5) is 8.78 Å². The molecule has 1 aliphatic rings. The van der Waals surface area contributed by atoms with Crippen LogP contribution in [0.25, 0.3) is 0 Å². The molecule has 0 aliphatic carbocycles. The van der Waals surface area contributed by atoms with Crippen LogP contribution in [-0.4, -0.2) is 11.5 Å². The van der Waals surface area contributed by atoms with Crippen LogP contribution in [0, 0.1) is 18.6 Å². The van der Waals surface area contributed by atoms with Crippen molar-refractivity contribution in [1.29, 1.82) is 0 Å². The Hall–Kier alpha value is -1.59. The predicted octanol–water partition coefficient (Wildman–Crippen LogP) is 5.24. The number of ketones is 1. The number of hydrogen-bond acceptors (Lipinski definition) is 3. The molecule has 0 aromatic heterocycles. The maximum atomic E-state index is 13.5. The molecule has 0 radical (unpaired) electrons. The third kappa shape index (κ3) is 3.10. The van der Waals surface area contributed by atoms with Gasteiger partial charge in [-0.1, -0.05) is 17.8 Å². The summed E-state index contributed by atoms with van der Waals surface area (Å²) in [6, 6.07) is 9.23. The van der Waals surface area contributed by atoms with Gasteiger partial charge in [-0.05, 0) is 48.2 Å². The van der Waals surface area contributed by atoms with Crippen molar-refractivity contribution in [2.45, 2.75) is 16.7 Å². The minimum atomic E-state index is -0.415. The summed E-state index contributed by atoms with van der Waals surface area (Å²) in [5, 5.41) is 1.73. The van der Waals surface area contributed by atoms with Crippen LogP contribution in [0.1, 0.15) is 15.9 Å². The summed E-state index contributed by atoms with van der Waals surface area (Å²) in [5.74, 6) is -0.297. The van der Waals surface area contributed by atoms with Crippen LogP contribution < -0.4 is 0 Å². The molecular weight excluding hydrogens is 322 g/mol. The second kappa shape index (κ2) is 6.26. The summed E-state index contributed by atoms with van der Waals surface area (Å²) in [6.07, 6.45) is 0. The number of Topliss-reactive ketones (excluding diaryl/α,β-unsaturated/α-hetero) is 1. The van der Waals surface area contributed by atoms with Crippen LogP contribution >= 0.6 is 23.5 Å². The van der Waals surface area contributed by atoms with Crippen LogP contribution in [-0.2, 0) is 0 Å². The molecule has 0 bridgehead atoms. The number of carbonyl (C=O) groups excluding carboxylic acids is 1. The molecule has 2 aromatic carbocycles. The van der Waals surface area contributed by atoms with Gasteiger partial charge in [-0.2, -0.15) is 0 Å². The highest BCUT2D eigenvalue weighted by molar-refractivity contribution is 8.02. The molecule has 0 saturated heterocycles. The lowest BCUT2D eigenvalue weighted by atomic mass is 10.1. The summed E-state index contributed by atoms with van der Waals surface area (Å²) < 4.78 is 26.8. The van der Waals surface area contributed by atoms with Gasteiger partial charge >= 0.3 is 0 Å². The Kier molecular flexibility index (Phi) is 4.36. The highest BCUT2D eigenvalue weighted by atomic mass is 32.2.